The van der Waals surface area contributed by atoms with Crippen molar-refractivity contribution in [2.24, 2.45) is 5.73 Å². The summed E-state index contributed by atoms with van der Waals surface area (Å²) < 4.78 is 56.8. The number of halogens is 4. The van der Waals surface area contributed by atoms with Crippen LogP contribution in [0.3, 0.4) is 0 Å². The van der Waals surface area contributed by atoms with Gasteiger partial charge in [0.2, 0.25) is 0 Å². The van der Waals surface area contributed by atoms with E-state index in [1.165, 1.54) is 18.2 Å². The van der Waals surface area contributed by atoms with Gasteiger partial charge in [-0.2, -0.15) is 13.2 Å². The predicted molar refractivity (Wildman–Crippen MR) is 160 cm³/mol. The highest BCUT2D eigenvalue weighted by Gasteiger charge is 2.38. The first kappa shape index (κ1) is 37.0. The molecule has 3 aromatic carbocycles. The molecule has 7 N–H and O–H groups in total. The standard InChI is InChI=1S/C28H33FN6O4.C2HF3O2/c1-4-39-24-15-19(8-9-21(24)16-38-17-35(2)3)25(32-23-12-10-18(11-13-23)26(30)31)28(37)34-33-27(36)20-6-5-7-22(29)14-20;3-2(4,5)1(6)7/h5-15,25,32H,4,16-17H2,1-3H3,(H3,30,31)(H,33,36)(H,34,37);(H,6,7). The summed E-state index contributed by atoms with van der Waals surface area (Å²) in [5.74, 6) is -4.09. The Morgan fingerprint density at radius 1 is 1.00 bits per heavy atom. The highest BCUT2D eigenvalue weighted by atomic mass is 19.4. The van der Waals surface area contributed by atoms with Crippen LogP contribution in [0, 0.1) is 11.2 Å². The van der Waals surface area contributed by atoms with Crippen LogP contribution in [0.4, 0.5) is 23.2 Å². The van der Waals surface area contributed by atoms with Crippen molar-refractivity contribution in [1.82, 2.24) is 15.8 Å². The third-order valence-corrected chi connectivity index (χ3v) is 5.73. The predicted octanol–water partition coefficient (Wildman–Crippen LogP) is 3.79. The molecule has 0 aromatic heterocycles. The van der Waals surface area contributed by atoms with E-state index < -0.39 is 35.8 Å². The minimum absolute atomic E-state index is 0.0559. The molecule has 1 unspecified atom stereocenters. The number of carboxylic acids is 1. The number of nitrogen functional groups attached to an aromatic ring is 1. The molecule has 0 aliphatic heterocycles. The molecule has 0 saturated heterocycles. The van der Waals surface area contributed by atoms with E-state index in [0.29, 0.717) is 42.5 Å². The minimum atomic E-state index is -5.08. The first-order chi connectivity index (χ1) is 21.6. The van der Waals surface area contributed by atoms with E-state index in [0.717, 1.165) is 11.6 Å². The first-order valence-corrected chi connectivity index (χ1v) is 13.5. The van der Waals surface area contributed by atoms with Crippen molar-refractivity contribution in [2.45, 2.75) is 25.7 Å². The van der Waals surface area contributed by atoms with Gasteiger partial charge < -0.3 is 25.6 Å². The second kappa shape index (κ2) is 17.3. The maximum atomic E-state index is 13.5. The van der Waals surface area contributed by atoms with Crippen LogP contribution in [0.2, 0.25) is 0 Å². The van der Waals surface area contributed by atoms with Crippen LogP contribution in [0.25, 0.3) is 0 Å². The molecular formula is C30H34F4N6O6. The van der Waals surface area contributed by atoms with E-state index in [1.54, 1.807) is 36.4 Å². The Morgan fingerprint density at radius 3 is 2.20 bits per heavy atom. The van der Waals surface area contributed by atoms with Gasteiger partial charge in [-0.05, 0) is 75.1 Å². The SMILES string of the molecule is CCOc1cc(C(Nc2ccc(C(=N)N)cc2)C(=O)NNC(=O)c2cccc(F)c2)ccc1COCN(C)C.O=C(O)C(F)(F)F. The summed E-state index contributed by atoms with van der Waals surface area (Å²) in [6.07, 6.45) is -5.08. The molecule has 0 aliphatic rings. The molecular weight excluding hydrogens is 616 g/mol. The average Bonchev–Trinajstić information content (AvgIpc) is 2.99. The van der Waals surface area contributed by atoms with Crippen LogP contribution in [-0.2, 0) is 20.9 Å². The number of nitrogens with zero attached hydrogens (tertiary/aromatic N) is 1. The molecule has 0 spiro atoms. The molecule has 12 nitrogen and oxygen atoms in total. The molecule has 3 aromatic rings. The van der Waals surface area contributed by atoms with Crippen LogP contribution < -0.4 is 26.6 Å². The maximum Gasteiger partial charge on any atom is 0.490 e. The molecule has 46 heavy (non-hydrogen) atoms. The third-order valence-electron chi connectivity index (χ3n) is 5.73. The fourth-order valence-corrected chi connectivity index (χ4v) is 3.60. The van der Waals surface area contributed by atoms with Gasteiger partial charge in [0.05, 0.1) is 19.9 Å². The fourth-order valence-electron chi connectivity index (χ4n) is 3.60. The molecule has 0 fully saturated rings. The number of benzene rings is 3. The number of nitrogens with one attached hydrogen (secondary N) is 4. The zero-order valence-electron chi connectivity index (χ0n) is 25.1. The van der Waals surface area contributed by atoms with Gasteiger partial charge >= 0.3 is 12.1 Å². The van der Waals surface area contributed by atoms with Crippen molar-refractivity contribution in [3.8, 4) is 5.75 Å². The van der Waals surface area contributed by atoms with Crippen LogP contribution in [0.15, 0.2) is 66.7 Å². The minimum Gasteiger partial charge on any atom is -0.493 e. The van der Waals surface area contributed by atoms with Gasteiger partial charge in [-0.15, -0.1) is 0 Å². The van der Waals surface area contributed by atoms with E-state index in [2.05, 4.69) is 16.2 Å². The van der Waals surface area contributed by atoms with Gasteiger partial charge in [0.1, 0.15) is 23.4 Å². The summed E-state index contributed by atoms with van der Waals surface area (Å²) in [6.45, 7) is 3.01. The Balaban J connectivity index is 0.000000942. The lowest BCUT2D eigenvalue weighted by Gasteiger charge is -2.22. The van der Waals surface area contributed by atoms with Crippen LogP contribution in [-0.4, -0.2) is 67.2 Å². The van der Waals surface area contributed by atoms with E-state index in [1.807, 2.05) is 32.0 Å². The van der Waals surface area contributed by atoms with Crippen molar-refractivity contribution >= 4 is 29.3 Å². The van der Waals surface area contributed by atoms with Gasteiger partial charge in [-0.3, -0.25) is 30.7 Å². The van der Waals surface area contributed by atoms with Gasteiger partial charge in [-0.25, -0.2) is 9.18 Å². The Kier molecular flexibility index (Phi) is 13.9. The summed E-state index contributed by atoms with van der Waals surface area (Å²) in [4.78, 5) is 36.6. The summed E-state index contributed by atoms with van der Waals surface area (Å²) in [5, 5.41) is 17.9. The Bertz CT molecular complexity index is 1500. The number of rotatable bonds is 12. The number of carbonyl (C=O) groups is 3. The summed E-state index contributed by atoms with van der Waals surface area (Å²) >= 11 is 0. The monoisotopic (exact) mass is 650 g/mol. The van der Waals surface area contributed by atoms with Crippen LogP contribution in [0.1, 0.15) is 40.0 Å². The van der Waals surface area contributed by atoms with Gasteiger partial charge in [-0.1, -0.05) is 18.2 Å². The maximum absolute atomic E-state index is 13.5. The number of anilines is 1. The summed E-state index contributed by atoms with van der Waals surface area (Å²) in [7, 11) is 3.80. The average molecular weight is 651 g/mol. The van der Waals surface area contributed by atoms with E-state index in [4.69, 9.17) is 30.5 Å². The molecule has 0 heterocycles. The second-order valence-corrected chi connectivity index (χ2v) is 9.68. The molecule has 0 aliphatic carbocycles. The smallest absolute Gasteiger partial charge is 0.490 e. The fraction of sp³-hybridized carbons (Fsp3) is 0.267. The Morgan fingerprint density at radius 2 is 1.65 bits per heavy atom. The molecule has 1 atom stereocenters. The number of carbonyl (C=O) groups excluding carboxylic acids is 2. The van der Waals surface area contributed by atoms with Crippen molar-refractivity contribution in [2.75, 3.05) is 32.7 Å². The van der Waals surface area contributed by atoms with Crippen molar-refractivity contribution in [3.05, 3.63) is 94.8 Å². The molecule has 2 amide bonds. The van der Waals surface area contributed by atoms with E-state index >= 15 is 0 Å². The zero-order valence-corrected chi connectivity index (χ0v) is 25.1. The Hall–Kier alpha value is -5.22. The number of amides is 2. The molecule has 0 radical (unpaired) electrons. The molecule has 0 saturated carbocycles. The number of nitrogens with two attached hydrogens (primary N) is 1. The molecule has 0 bridgehead atoms. The van der Waals surface area contributed by atoms with Crippen molar-refractivity contribution in [3.63, 3.8) is 0 Å². The number of amidine groups is 1. The van der Waals surface area contributed by atoms with E-state index in [-0.39, 0.29) is 11.4 Å². The number of aliphatic carboxylic acids is 1. The van der Waals surface area contributed by atoms with Gasteiger partial charge in [0.15, 0.2) is 0 Å². The number of ether oxygens (including phenoxy) is 2. The topological polar surface area (TPSA) is 179 Å². The molecule has 16 heteroatoms. The van der Waals surface area contributed by atoms with Gasteiger partial charge in [0.25, 0.3) is 11.8 Å². The number of carboxylic acid groups (broad SMARTS) is 1. The molecule has 3 rings (SSSR count). The molecule has 248 valence electrons. The Labute approximate surface area is 262 Å². The number of alkyl halides is 3. The number of hydrazine groups is 1. The number of hydrogen-bond acceptors (Lipinski definition) is 8. The van der Waals surface area contributed by atoms with Gasteiger partial charge in [0, 0.05) is 22.4 Å². The zero-order chi connectivity index (χ0) is 34.4. The summed E-state index contributed by atoms with van der Waals surface area (Å²) in [5.41, 5.74) is 12.8. The largest absolute Gasteiger partial charge is 0.493 e. The number of hydrogen-bond donors (Lipinski definition) is 6. The van der Waals surface area contributed by atoms with Crippen molar-refractivity contribution < 1.29 is 46.5 Å². The highest BCUT2D eigenvalue weighted by molar-refractivity contribution is 5.97. The summed E-state index contributed by atoms with van der Waals surface area (Å²) in [6, 6.07) is 16.2. The quantitative estimate of drug-likeness (QED) is 0.0559. The lowest BCUT2D eigenvalue weighted by atomic mass is 10.0. The lowest BCUT2D eigenvalue weighted by molar-refractivity contribution is -0.192. The normalized spacial score (nSPS) is 11.5. The van der Waals surface area contributed by atoms with Crippen LogP contribution in [0.5, 0.6) is 5.75 Å². The highest BCUT2D eigenvalue weighted by Crippen LogP contribution is 2.28. The van der Waals surface area contributed by atoms with Crippen LogP contribution >= 0.6 is 0 Å². The third kappa shape index (κ3) is 12.0. The van der Waals surface area contributed by atoms with Crippen molar-refractivity contribution in [1.29, 1.82) is 5.41 Å². The lowest BCUT2D eigenvalue weighted by Crippen LogP contribution is -2.45. The second-order valence-electron chi connectivity index (χ2n) is 9.68. The first-order valence-electron chi connectivity index (χ1n) is 13.5. The van der Waals surface area contributed by atoms with E-state index in [9.17, 15) is 27.2 Å².